The number of anilines is 1. The lowest BCUT2D eigenvalue weighted by molar-refractivity contribution is -0.145. The number of rotatable bonds is 3. The Labute approximate surface area is 123 Å². The second kappa shape index (κ2) is 6.65. The Bertz CT molecular complexity index is 509. The van der Waals surface area contributed by atoms with Crippen molar-refractivity contribution in [2.75, 3.05) is 19.0 Å². The fourth-order valence-electron chi connectivity index (χ4n) is 2.02. The topological polar surface area (TPSA) is 74.4 Å². The van der Waals surface area contributed by atoms with Gasteiger partial charge in [0.05, 0.1) is 7.11 Å². The molecule has 6 nitrogen and oxygen atoms in total. The molecule has 0 radical (unpaired) electrons. The van der Waals surface area contributed by atoms with Gasteiger partial charge in [0.1, 0.15) is 12.1 Å². The number of aryl methyl sites for hydroxylation is 1. The molecule has 1 aromatic carbocycles. The molecule has 1 saturated heterocycles. The van der Waals surface area contributed by atoms with Crippen molar-refractivity contribution >= 4 is 29.0 Å². The number of nitrogens with one attached hydrogen (secondary N) is 4. The molecule has 20 heavy (non-hydrogen) atoms. The first-order valence-corrected chi connectivity index (χ1v) is 6.72. The minimum absolute atomic E-state index is 0.279. The lowest BCUT2D eigenvalue weighted by atomic mass is 10.1. The molecule has 7 heteroatoms. The number of methoxy groups -OCH3 is 1. The first-order valence-electron chi connectivity index (χ1n) is 6.31. The predicted molar refractivity (Wildman–Crippen MR) is 81.0 cm³/mol. The second-order valence-electron chi connectivity index (χ2n) is 4.55. The average molecular weight is 294 g/mol. The van der Waals surface area contributed by atoms with Gasteiger partial charge in [-0.25, -0.2) is 5.43 Å². The van der Waals surface area contributed by atoms with E-state index in [0.29, 0.717) is 11.7 Å². The Kier molecular flexibility index (Phi) is 4.89. The fourth-order valence-corrected chi connectivity index (χ4v) is 2.25. The summed E-state index contributed by atoms with van der Waals surface area (Å²) in [6.07, 6.45) is -0.300. The standard InChI is InChI=1S/C13H18N4O2S/c1-8-5-3-4-6-10(8)15-13(20)16-11-9(7-14-17-11)12(18)19-2/h3-6,9,11,14,17H,7H2,1-2H3,(H2,15,16,20). The van der Waals surface area contributed by atoms with E-state index in [2.05, 4.69) is 21.5 Å². The van der Waals surface area contributed by atoms with Crippen molar-refractivity contribution in [1.29, 1.82) is 0 Å². The Hall–Kier alpha value is -1.70. The van der Waals surface area contributed by atoms with Crippen LogP contribution in [0.25, 0.3) is 0 Å². The molecule has 0 aromatic heterocycles. The summed E-state index contributed by atoms with van der Waals surface area (Å²) >= 11 is 5.27. The molecular weight excluding hydrogens is 276 g/mol. The van der Waals surface area contributed by atoms with Crippen molar-refractivity contribution in [3.8, 4) is 0 Å². The van der Waals surface area contributed by atoms with Gasteiger partial charge in [0.25, 0.3) is 0 Å². The molecule has 1 aromatic rings. The number of hydrazine groups is 1. The molecule has 0 aliphatic carbocycles. The van der Waals surface area contributed by atoms with E-state index >= 15 is 0 Å². The summed E-state index contributed by atoms with van der Waals surface area (Å²) in [6, 6.07) is 7.84. The Morgan fingerprint density at radius 1 is 1.45 bits per heavy atom. The largest absolute Gasteiger partial charge is 0.469 e. The highest BCUT2D eigenvalue weighted by Crippen LogP contribution is 2.13. The summed E-state index contributed by atoms with van der Waals surface area (Å²) in [6.45, 7) is 2.49. The third-order valence-electron chi connectivity index (χ3n) is 3.17. The van der Waals surface area contributed by atoms with Crippen LogP contribution >= 0.6 is 12.2 Å². The van der Waals surface area contributed by atoms with Gasteiger partial charge in [0, 0.05) is 12.2 Å². The predicted octanol–water partition coefficient (Wildman–Crippen LogP) is 0.505. The average Bonchev–Trinajstić information content (AvgIpc) is 2.88. The van der Waals surface area contributed by atoms with E-state index in [-0.39, 0.29) is 18.1 Å². The van der Waals surface area contributed by atoms with Crippen LogP contribution in [0.2, 0.25) is 0 Å². The maximum Gasteiger partial charge on any atom is 0.313 e. The number of hydrogen-bond acceptors (Lipinski definition) is 5. The number of carbonyl (C=O) groups excluding carboxylic acids is 1. The van der Waals surface area contributed by atoms with E-state index in [9.17, 15) is 4.79 Å². The summed E-state index contributed by atoms with van der Waals surface area (Å²) in [4.78, 5) is 11.6. The van der Waals surface area contributed by atoms with E-state index in [1.807, 2.05) is 31.2 Å². The molecule has 0 spiro atoms. The van der Waals surface area contributed by atoms with Gasteiger partial charge in [-0.05, 0) is 30.8 Å². The van der Waals surface area contributed by atoms with Gasteiger partial charge in [0.2, 0.25) is 0 Å². The van der Waals surface area contributed by atoms with Crippen LogP contribution in [0.1, 0.15) is 5.56 Å². The molecule has 108 valence electrons. The van der Waals surface area contributed by atoms with Crippen LogP contribution in [0.5, 0.6) is 0 Å². The summed E-state index contributed by atoms with van der Waals surface area (Å²) in [5.41, 5.74) is 7.91. The Morgan fingerprint density at radius 2 is 2.20 bits per heavy atom. The minimum atomic E-state index is -0.323. The Balaban J connectivity index is 1.94. The lowest BCUT2D eigenvalue weighted by Crippen LogP contribution is -2.50. The molecule has 0 amide bonds. The fraction of sp³-hybridized carbons (Fsp3) is 0.385. The molecule has 2 rings (SSSR count). The first-order chi connectivity index (χ1) is 9.61. The summed E-state index contributed by atoms with van der Waals surface area (Å²) in [7, 11) is 1.38. The third kappa shape index (κ3) is 3.44. The van der Waals surface area contributed by atoms with Crippen LogP contribution in [-0.4, -0.2) is 30.9 Å². The number of thiocarbonyl (C=S) groups is 1. The Morgan fingerprint density at radius 3 is 2.90 bits per heavy atom. The quantitative estimate of drug-likeness (QED) is 0.478. The number of esters is 1. The molecule has 0 saturated carbocycles. The lowest BCUT2D eigenvalue weighted by Gasteiger charge is -2.20. The SMILES string of the molecule is COC(=O)C1CNNC1NC(=S)Nc1ccccc1C. The van der Waals surface area contributed by atoms with E-state index < -0.39 is 0 Å². The van der Waals surface area contributed by atoms with Crippen molar-refractivity contribution in [3.05, 3.63) is 29.8 Å². The summed E-state index contributed by atoms with van der Waals surface area (Å²) in [5.74, 6) is -0.602. The monoisotopic (exact) mass is 294 g/mol. The number of hydrogen-bond donors (Lipinski definition) is 4. The second-order valence-corrected chi connectivity index (χ2v) is 4.95. The molecule has 1 heterocycles. The number of benzene rings is 1. The summed E-state index contributed by atoms with van der Waals surface area (Å²) in [5, 5.41) is 6.63. The normalized spacial score (nSPS) is 21.3. The summed E-state index contributed by atoms with van der Waals surface area (Å²) < 4.78 is 4.76. The number of ether oxygens (including phenoxy) is 1. The van der Waals surface area contributed by atoms with Crippen LogP contribution in [0, 0.1) is 12.8 Å². The third-order valence-corrected chi connectivity index (χ3v) is 3.39. The van der Waals surface area contributed by atoms with E-state index in [0.717, 1.165) is 11.3 Å². The van der Waals surface area contributed by atoms with E-state index in [1.54, 1.807) is 0 Å². The molecule has 1 aliphatic rings. The smallest absolute Gasteiger partial charge is 0.313 e. The highest BCUT2D eigenvalue weighted by Gasteiger charge is 2.34. The molecule has 1 aliphatic heterocycles. The maximum atomic E-state index is 11.6. The highest BCUT2D eigenvalue weighted by molar-refractivity contribution is 7.80. The van der Waals surface area contributed by atoms with Crippen LogP contribution in [0.3, 0.4) is 0 Å². The molecule has 2 atom stereocenters. The van der Waals surface area contributed by atoms with Gasteiger partial charge in [0.15, 0.2) is 5.11 Å². The molecule has 4 N–H and O–H groups in total. The molecule has 1 fully saturated rings. The van der Waals surface area contributed by atoms with Gasteiger partial charge < -0.3 is 15.4 Å². The van der Waals surface area contributed by atoms with Crippen LogP contribution in [-0.2, 0) is 9.53 Å². The zero-order chi connectivity index (χ0) is 14.5. The van der Waals surface area contributed by atoms with Gasteiger partial charge in [-0.2, -0.15) is 0 Å². The van der Waals surface area contributed by atoms with Crippen molar-refractivity contribution in [1.82, 2.24) is 16.2 Å². The molecular formula is C13H18N4O2S. The molecule has 0 bridgehead atoms. The first kappa shape index (κ1) is 14.7. The number of para-hydroxylation sites is 1. The van der Waals surface area contributed by atoms with Crippen LogP contribution in [0.15, 0.2) is 24.3 Å². The minimum Gasteiger partial charge on any atom is -0.469 e. The van der Waals surface area contributed by atoms with Crippen molar-refractivity contribution in [3.63, 3.8) is 0 Å². The van der Waals surface area contributed by atoms with Crippen LogP contribution < -0.4 is 21.5 Å². The van der Waals surface area contributed by atoms with Gasteiger partial charge in [-0.3, -0.25) is 10.2 Å². The van der Waals surface area contributed by atoms with E-state index in [4.69, 9.17) is 17.0 Å². The number of carbonyl (C=O) groups is 1. The zero-order valence-electron chi connectivity index (χ0n) is 11.4. The van der Waals surface area contributed by atoms with Crippen molar-refractivity contribution in [2.24, 2.45) is 5.92 Å². The van der Waals surface area contributed by atoms with Gasteiger partial charge >= 0.3 is 5.97 Å². The highest BCUT2D eigenvalue weighted by atomic mass is 32.1. The van der Waals surface area contributed by atoms with Crippen LogP contribution in [0.4, 0.5) is 5.69 Å². The zero-order valence-corrected chi connectivity index (χ0v) is 12.2. The van der Waals surface area contributed by atoms with E-state index in [1.165, 1.54) is 7.11 Å². The van der Waals surface area contributed by atoms with Crippen molar-refractivity contribution in [2.45, 2.75) is 13.1 Å². The maximum absolute atomic E-state index is 11.6. The molecule has 2 unspecified atom stereocenters. The van der Waals surface area contributed by atoms with Gasteiger partial charge in [-0.15, -0.1) is 0 Å². The van der Waals surface area contributed by atoms with Gasteiger partial charge in [-0.1, -0.05) is 18.2 Å². The van der Waals surface area contributed by atoms with Crippen molar-refractivity contribution < 1.29 is 9.53 Å².